The summed E-state index contributed by atoms with van der Waals surface area (Å²) in [6.45, 7) is 9.82. The molecule has 1 atom stereocenters. The molecule has 0 aliphatic carbocycles. The Bertz CT molecular complexity index is 625. The van der Waals surface area contributed by atoms with Gasteiger partial charge in [-0.3, -0.25) is 4.79 Å². The smallest absolute Gasteiger partial charge is 0.227 e. The topological polar surface area (TPSA) is 59.6 Å². The van der Waals surface area contributed by atoms with Gasteiger partial charge in [0.1, 0.15) is 0 Å². The molecule has 1 aromatic carbocycles. The molecule has 1 unspecified atom stereocenters. The number of benzene rings is 1. The molecule has 2 fully saturated rings. The Labute approximate surface area is 156 Å². The maximum atomic E-state index is 12.7. The number of rotatable bonds is 6. The number of carbonyl (C=O) groups is 1. The Morgan fingerprint density at radius 1 is 1.27 bits per heavy atom. The zero-order chi connectivity index (χ0) is 18.6. The highest BCUT2D eigenvalue weighted by Gasteiger charge is 2.44. The van der Waals surface area contributed by atoms with Crippen molar-refractivity contribution in [2.24, 2.45) is 5.41 Å². The molecule has 2 aliphatic rings. The zero-order valence-corrected chi connectivity index (χ0v) is 16.3. The number of amides is 1. The van der Waals surface area contributed by atoms with Gasteiger partial charge in [-0.1, -0.05) is 24.3 Å². The van der Waals surface area contributed by atoms with Gasteiger partial charge in [-0.05, 0) is 51.2 Å². The lowest BCUT2D eigenvalue weighted by Crippen LogP contribution is -2.40. The van der Waals surface area contributed by atoms with Crippen LogP contribution in [0.2, 0.25) is 0 Å². The van der Waals surface area contributed by atoms with Gasteiger partial charge >= 0.3 is 0 Å². The fourth-order valence-corrected chi connectivity index (χ4v) is 3.98. The van der Waals surface area contributed by atoms with E-state index in [0.29, 0.717) is 19.3 Å². The Morgan fingerprint density at radius 3 is 2.69 bits per heavy atom. The van der Waals surface area contributed by atoms with Crippen LogP contribution in [0.1, 0.15) is 51.2 Å². The third kappa shape index (κ3) is 5.06. The highest BCUT2D eigenvalue weighted by Crippen LogP contribution is 2.34. The second kappa shape index (κ2) is 8.07. The number of carbonyl (C=O) groups excluding carboxylic acids is 1. The molecule has 144 valence electrons. The van der Waals surface area contributed by atoms with Crippen LogP contribution in [0.15, 0.2) is 24.3 Å². The van der Waals surface area contributed by atoms with Gasteiger partial charge < -0.3 is 20.1 Å². The van der Waals surface area contributed by atoms with E-state index >= 15 is 0 Å². The molecule has 0 aromatic heterocycles. The zero-order valence-electron chi connectivity index (χ0n) is 16.3. The number of hydrogen-bond acceptors (Lipinski definition) is 4. The van der Waals surface area contributed by atoms with Crippen molar-refractivity contribution in [1.82, 2.24) is 10.6 Å². The maximum absolute atomic E-state index is 12.7. The first-order valence-corrected chi connectivity index (χ1v) is 9.67. The SMILES string of the molecule is CC1(C)CC(C)(C(=O)NCc2cccc(COC3CCOCC3)c2)CN1. The fraction of sp³-hybridized carbons (Fsp3) is 0.667. The average Bonchev–Trinajstić information content (AvgIpc) is 2.93. The molecule has 1 aromatic rings. The van der Waals surface area contributed by atoms with Gasteiger partial charge in [0, 0.05) is 31.8 Å². The monoisotopic (exact) mass is 360 g/mol. The Kier molecular flexibility index (Phi) is 6.00. The minimum absolute atomic E-state index is 0.0213. The third-order valence-corrected chi connectivity index (χ3v) is 5.44. The highest BCUT2D eigenvalue weighted by atomic mass is 16.5. The molecular formula is C21H32N2O3. The van der Waals surface area contributed by atoms with Gasteiger partial charge in [-0.2, -0.15) is 0 Å². The quantitative estimate of drug-likeness (QED) is 0.819. The van der Waals surface area contributed by atoms with Crippen molar-refractivity contribution in [1.29, 1.82) is 0 Å². The van der Waals surface area contributed by atoms with E-state index in [1.807, 2.05) is 13.0 Å². The van der Waals surface area contributed by atoms with Crippen LogP contribution in [-0.4, -0.2) is 37.3 Å². The van der Waals surface area contributed by atoms with E-state index in [0.717, 1.165) is 50.1 Å². The number of hydrogen-bond donors (Lipinski definition) is 2. The Morgan fingerprint density at radius 2 is 2.00 bits per heavy atom. The molecule has 26 heavy (non-hydrogen) atoms. The normalized spacial score (nSPS) is 26.0. The van der Waals surface area contributed by atoms with Crippen molar-refractivity contribution in [3.63, 3.8) is 0 Å². The van der Waals surface area contributed by atoms with Crippen molar-refractivity contribution < 1.29 is 14.3 Å². The van der Waals surface area contributed by atoms with Crippen LogP contribution in [0, 0.1) is 5.41 Å². The van der Waals surface area contributed by atoms with E-state index in [4.69, 9.17) is 9.47 Å². The van der Waals surface area contributed by atoms with Crippen LogP contribution in [0.4, 0.5) is 0 Å². The van der Waals surface area contributed by atoms with E-state index in [1.165, 1.54) is 0 Å². The summed E-state index contributed by atoms with van der Waals surface area (Å²) in [5, 5.41) is 6.55. The van der Waals surface area contributed by atoms with Gasteiger partial charge in [-0.15, -0.1) is 0 Å². The Balaban J connectivity index is 1.50. The lowest BCUT2D eigenvalue weighted by Gasteiger charge is -2.24. The molecule has 2 heterocycles. The molecular weight excluding hydrogens is 328 g/mol. The number of nitrogens with one attached hydrogen (secondary N) is 2. The second-order valence-electron chi connectivity index (χ2n) is 8.60. The predicted molar refractivity (Wildman–Crippen MR) is 102 cm³/mol. The summed E-state index contributed by atoms with van der Waals surface area (Å²) in [6, 6.07) is 8.29. The van der Waals surface area contributed by atoms with Crippen LogP contribution in [-0.2, 0) is 27.4 Å². The molecule has 0 radical (unpaired) electrons. The molecule has 3 rings (SSSR count). The summed E-state index contributed by atoms with van der Waals surface area (Å²) in [5.74, 6) is 0.124. The highest BCUT2D eigenvalue weighted by molar-refractivity contribution is 5.83. The summed E-state index contributed by atoms with van der Waals surface area (Å²) < 4.78 is 11.4. The first kappa shape index (κ1) is 19.3. The molecule has 0 bridgehead atoms. The molecule has 5 heteroatoms. The fourth-order valence-electron chi connectivity index (χ4n) is 3.98. The summed E-state index contributed by atoms with van der Waals surface area (Å²) in [4.78, 5) is 12.7. The van der Waals surface area contributed by atoms with Gasteiger partial charge in [0.2, 0.25) is 5.91 Å². The van der Waals surface area contributed by atoms with Crippen LogP contribution >= 0.6 is 0 Å². The van der Waals surface area contributed by atoms with Crippen molar-refractivity contribution >= 4 is 5.91 Å². The largest absolute Gasteiger partial charge is 0.381 e. The van der Waals surface area contributed by atoms with Gasteiger partial charge in [0.15, 0.2) is 0 Å². The molecule has 1 amide bonds. The number of ether oxygens (including phenoxy) is 2. The van der Waals surface area contributed by atoms with Crippen molar-refractivity contribution in [2.75, 3.05) is 19.8 Å². The molecule has 0 saturated carbocycles. The maximum Gasteiger partial charge on any atom is 0.227 e. The minimum Gasteiger partial charge on any atom is -0.381 e. The lowest BCUT2D eigenvalue weighted by molar-refractivity contribution is -0.129. The van der Waals surface area contributed by atoms with Crippen molar-refractivity contribution in [3.05, 3.63) is 35.4 Å². The van der Waals surface area contributed by atoms with Crippen molar-refractivity contribution in [3.8, 4) is 0 Å². The summed E-state index contributed by atoms with van der Waals surface area (Å²) >= 11 is 0. The van der Waals surface area contributed by atoms with Crippen LogP contribution in [0.25, 0.3) is 0 Å². The first-order chi connectivity index (χ1) is 12.4. The summed E-state index contributed by atoms with van der Waals surface area (Å²) in [7, 11) is 0. The third-order valence-electron chi connectivity index (χ3n) is 5.44. The molecule has 2 N–H and O–H groups in total. The molecule has 2 saturated heterocycles. The average molecular weight is 360 g/mol. The van der Waals surface area contributed by atoms with E-state index in [2.05, 4.69) is 42.7 Å². The summed E-state index contributed by atoms with van der Waals surface area (Å²) in [6.07, 6.45) is 3.09. The van der Waals surface area contributed by atoms with E-state index in [9.17, 15) is 4.79 Å². The van der Waals surface area contributed by atoms with E-state index in [1.54, 1.807) is 0 Å². The van der Waals surface area contributed by atoms with Crippen molar-refractivity contribution in [2.45, 2.75) is 64.8 Å². The predicted octanol–water partition coefficient (Wildman–Crippen LogP) is 2.78. The second-order valence-corrected chi connectivity index (χ2v) is 8.60. The lowest BCUT2D eigenvalue weighted by atomic mass is 9.83. The standard InChI is InChI=1S/C21H32N2O3/c1-20(2)14-21(3,15-23-20)19(24)22-12-16-5-4-6-17(11-16)13-26-18-7-9-25-10-8-18/h4-6,11,18,23H,7-10,12-15H2,1-3H3,(H,22,24). The van der Waals surface area contributed by atoms with Gasteiger partial charge in [0.05, 0.1) is 18.1 Å². The molecule has 5 nitrogen and oxygen atoms in total. The molecule has 0 spiro atoms. The Hall–Kier alpha value is -1.43. The van der Waals surface area contributed by atoms with Crippen LogP contribution in [0.3, 0.4) is 0 Å². The molecule has 2 aliphatic heterocycles. The van der Waals surface area contributed by atoms with Gasteiger partial charge in [0.25, 0.3) is 0 Å². The van der Waals surface area contributed by atoms with E-state index < -0.39 is 0 Å². The van der Waals surface area contributed by atoms with Crippen LogP contribution in [0.5, 0.6) is 0 Å². The minimum atomic E-state index is -0.340. The van der Waals surface area contributed by atoms with Gasteiger partial charge in [-0.25, -0.2) is 0 Å². The van der Waals surface area contributed by atoms with Crippen LogP contribution < -0.4 is 10.6 Å². The summed E-state index contributed by atoms with van der Waals surface area (Å²) in [5.41, 5.74) is 1.94. The van der Waals surface area contributed by atoms with E-state index in [-0.39, 0.29) is 16.9 Å². The first-order valence-electron chi connectivity index (χ1n) is 9.67.